The van der Waals surface area contributed by atoms with E-state index in [2.05, 4.69) is 15.3 Å². The fraction of sp³-hybridized carbons (Fsp3) is 0.538. The standard InChI is InChI=1S/C13H18N4O4/c1-8-14-4-3-9(16-8)5-15-13(20)17(2)11-7-21-6-10(11)12(18)19/h3-4,10-11H,5-7H2,1-2H3,(H,15,20)(H,18,19). The molecule has 0 bridgehead atoms. The van der Waals surface area contributed by atoms with Crippen molar-refractivity contribution in [2.45, 2.75) is 19.5 Å². The number of aryl methyl sites for hydroxylation is 1. The summed E-state index contributed by atoms with van der Waals surface area (Å²) in [5.74, 6) is -1.02. The molecule has 1 aliphatic heterocycles. The van der Waals surface area contributed by atoms with Crippen LogP contribution in [0.25, 0.3) is 0 Å². The number of carbonyl (C=O) groups is 2. The Balaban J connectivity index is 1.92. The maximum Gasteiger partial charge on any atom is 0.317 e. The molecule has 2 atom stereocenters. The predicted octanol–water partition coefficient (Wildman–Crippen LogP) is 0.0260. The van der Waals surface area contributed by atoms with Crippen molar-refractivity contribution in [3.05, 3.63) is 23.8 Å². The van der Waals surface area contributed by atoms with E-state index in [-0.39, 0.29) is 25.8 Å². The van der Waals surface area contributed by atoms with E-state index in [0.717, 1.165) is 0 Å². The molecule has 8 nitrogen and oxygen atoms in total. The van der Waals surface area contributed by atoms with Gasteiger partial charge in [-0.1, -0.05) is 0 Å². The summed E-state index contributed by atoms with van der Waals surface area (Å²) in [6, 6.07) is 0.897. The number of carboxylic acid groups (broad SMARTS) is 1. The molecule has 1 fully saturated rings. The van der Waals surface area contributed by atoms with Crippen molar-refractivity contribution in [3.8, 4) is 0 Å². The van der Waals surface area contributed by atoms with Gasteiger partial charge in [-0.25, -0.2) is 14.8 Å². The van der Waals surface area contributed by atoms with Crippen molar-refractivity contribution in [2.24, 2.45) is 5.92 Å². The van der Waals surface area contributed by atoms with Gasteiger partial charge in [0.1, 0.15) is 11.7 Å². The maximum absolute atomic E-state index is 12.1. The van der Waals surface area contributed by atoms with Crippen molar-refractivity contribution in [3.63, 3.8) is 0 Å². The van der Waals surface area contributed by atoms with Gasteiger partial charge in [0.2, 0.25) is 0 Å². The molecule has 114 valence electrons. The summed E-state index contributed by atoms with van der Waals surface area (Å²) in [5.41, 5.74) is 0.696. The lowest BCUT2D eigenvalue weighted by Crippen LogP contribution is -2.48. The zero-order chi connectivity index (χ0) is 15.4. The molecular formula is C13H18N4O4. The van der Waals surface area contributed by atoms with Gasteiger partial charge in [0.05, 0.1) is 31.5 Å². The third-order valence-corrected chi connectivity index (χ3v) is 3.44. The van der Waals surface area contributed by atoms with Crippen LogP contribution in [-0.4, -0.2) is 58.3 Å². The van der Waals surface area contributed by atoms with E-state index in [4.69, 9.17) is 9.84 Å². The quantitative estimate of drug-likeness (QED) is 0.811. The van der Waals surface area contributed by atoms with E-state index in [1.165, 1.54) is 4.90 Å². The highest BCUT2D eigenvalue weighted by molar-refractivity contribution is 5.77. The number of nitrogens with zero attached hydrogens (tertiary/aromatic N) is 3. The van der Waals surface area contributed by atoms with E-state index in [9.17, 15) is 9.59 Å². The minimum Gasteiger partial charge on any atom is -0.481 e. The first kappa shape index (κ1) is 15.2. The molecule has 2 amide bonds. The van der Waals surface area contributed by atoms with Crippen LogP contribution in [0.2, 0.25) is 0 Å². The van der Waals surface area contributed by atoms with Crippen LogP contribution in [0.4, 0.5) is 4.79 Å². The number of nitrogens with one attached hydrogen (secondary N) is 1. The molecular weight excluding hydrogens is 276 g/mol. The summed E-state index contributed by atoms with van der Waals surface area (Å²) >= 11 is 0. The third-order valence-electron chi connectivity index (χ3n) is 3.44. The number of aliphatic carboxylic acids is 1. The van der Waals surface area contributed by atoms with Crippen molar-refractivity contribution >= 4 is 12.0 Å². The molecule has 1 aromatic rings. The van der Waals surface area contributed by atoms with Gasteiger partial charge in [-0.2, -0.15) is 0 Å². The molecule has 2 unspecified atom stereocenters. The lowest BCUT2D eigenvalue weighted by atomic mass is 10.0. The molecule has 0 aliphatic carbocycles. The molecule has 0 saturated carbocycles. The Kier molecular flexibility index (Phi) is 4.69. The Morgan fingerprint density at radius 3 is 2.95 bits per heavy atom. The number of hydrogen-bond donors (Lipinski definition) is 2. The van der Waals surface area contributed by atoms with Gasteiger partial charge < -0.3 is 20.1 Å². The van der Waals surface area contributed by atoms with Crippen LogP contribution in [0.1, 0.15) is 11.5 Å². The van der Waals surface area contributed by atoms with Gasteiger partial charge >= 0.3 is 12.0 Å². The smallest absolute Gasteiger partial charge is 0.317 e. The number of carbonyl (C=O) groups excluding carboxylic acids is 1. The van der Waals surface area contributed by atoms with Gasteiger partial charge in [-0.05, 0) is 13.0 Å². The average molecular weight is 294 g/mol. The van der Waals surface area contributed by atoms with E-state index < -0.39 is 17.9 Å². The highest BCUT2D eigenvalue weighted by Crippen LogP contribution is 2.19. The van der Waals surface area contributed by atoms with Crippen molar-refractivity contribution in [1.29, 1.82) is 0 Å². The van der Waals surface area contributed by atoms with Crippen LogP contribution in [0.5, 0.6) is 0 Å². The molecule has 8 heteroatoms. The summed E-state index contributed by atoms with van der Waals surface area (Å²) in [7, 11) is 1.57. The number of likely N-dealkylation sites (N-methyl/N-ethyl adjacent to an activating group) is 1. The Bertz CT molecular complexity index is 537. The van der Waals surface area contributed by atoms with Crippen LogP contribution in [0.15, 0.2) is 12.3 Å². The molecule has 0 spiro atoms. The first-order chi connectivity index (χ1) is 9.99. The summed E-state index contributed by atoms with van der Waals surface area (Å²) in [6.45, 7) is 2.39. The van der Waals surface area contributed by atoms with Crippen molar-refractivity contribution < 1.29 is 19.4 Å². The van der Waals surface area contributed by atoms with Crippen LogP contribution >= 0.6 is 0 Å². The number of rotatable bonds is 4. The van der Waals surface area contributed by atoms with Crippen molar-refractivity contribution in [2.75, 3.05) is 20.3 Å². The topological polar surface area (TPSA) is 105 Å². The maximum atomic E-state index is 12.1. The number of aromatic nitrogens is 2. The van der Waals surface area contributed by atoms with E-state index in [0.29, 0.717) is 11.5 Å². The molecule has 21 heavy (non-hydrogen) atoms. The number of carboxylic acids is 1. The van der Waals surface area contributed by atoms with Gasteiger partial charge in [-0.3, -0.25) is 4.79 Å². The van der Waals surface area contributed by atoms with Crippen molar-refractivity contribution in [1.82, 2.24) is 20.2 Å². The molecule has 2 rings (SSSR count). The minimum absolute atomic E-state index is 0.128. The number of urea groups is 1. The second-order valence-electron chi connectivity index (χ2n) is 4.91. The number of ether oxygens (including phenoxy) is 1. The Labute approximate surface area is 122 Å². The van der Waals surface area contributed by atoms with Crippen LogP contribution in [0.3, 0.4) is 0 Å². The van der Waals surface area contributed by atoms with Gasteiger partial charge in [0, 0.05) is 13.2 Å². The Morgan fingerprint density at radius 1 is 1.52 bits per heavy atom. The average Bonchev–Trinajstić information content (AvgIpc) is 2.93. The number of amides is 2. The largest absolute Gasteiger partial charge is 0.481 e. The minimum atomic E-state index is -0.955. The predicted molar refractivity (Wildman–Crippen MR) is 72.5 cm³/mol. The highest BCUT2D eigenvalue weighted by Gasteiger charge is 2.38. The SMILES string of the molecule is Cc1nccc(CNC(=O)N(C)C2COCC2C(=O)O)n1. The van der Waals surface area contributed by atoms with Gasteiger partial charge in [0.25, 0.3) is 0 Å². The van der Waals surface area contributed by atoms with Crippen LogP contribution in [0, 0.1) is 12.8 Å². The lowest BCUT2D eigenvalue weighted by molar-refractivity contribution is -0.142. The van der Waals surface area contributed by atoms with E-state index in [1.54, 1.807) is 26.2 Å². The monoisotopic (exact) mass is 294 g/mol. The summed E-state index contributed by atoms with van der Waals surface area (Å²) in [6.07, 6.45) is 1.62. The van der Waals surface area contributed by atoms with Gasteiger partial charge in [-0.15, -0.1) is 0 Å². The van der Waals surface area contributed by atoms with E-state index in [1.807, 2.05) is 0 Å². The van der Waals surface area contributed by atoms with Crippen LogP contribution < -0.4 is 5.32 Å². The summed E-state index contributed by atoms with van der Waals surface area (Å²) < 4.78 is 5.16. The normalized spacial score (nSPS) is 21.0. The molecule has 2 heterocycles. The Morgan fingerprint density at radius 2 is 2.29 bits per heavy atom. The molecule has 0 aromatic carbocycles. The fourth-order valence-corrected chi connectivity index (χ4v) is 2.21. The molecule has 1 aromatic heterocycles. The zero-order valence-electron chi connectivity index (χ0n) is 11.9. The Hall–Kier alpha value is -2.22. The molecule has 0 radical (unpaired) electrons. The summed E-state index contributed by atoms with van der Waals surface area (Å²) in [4.78, 5) is 32.7. The first-order valence-electron chi connectivity index (χ1n) is 6.58. The van der Waals surface area contributed by atoms with Gasteiger partial charge in [0.15, 0.2) is 0 Å². The van der Waals surface area contributed by atoms with Crippen LogP contribution in [-0.2, 0) is 16.1 Å². The molecule has 1 saturated heterocycles. The highest BCUT2D eigenvalue weighted by atomic mass is 16.5. The molecule has 2 N–H and O–H groups in total. The second kappa shape index (κ2) is 6.49. The molecule has 1 aliphatic rings. The first-order valence-corrected chi connectivity index (χ1v) is 6.58. The number of hydrogen-bond acceptors (Lipinski definition) is 5. The fourth-order valence-electron chi connectivity index (χ4n) is 2.21. The van der Waals surface area contributed by atoms with E-state index >= 15 is 0 Å². The lowest BCUT2D eigenvalue weighted by Gasteiger charge is -2.26. The third kappa shape index (κ3) is 3.66. The zero-order valence-corrected chi connectivity index (χ0v) is 11.9. The second-order valence-corrected chi connectivity index (χ2v) is 4.91. The summed E-state index contributed by atoms with van der Waals surface area (Å²) in [5, 5.41) is 11.8.